The molecular weight excluding hydrogens is 281 g/mol. The number of benzene rings is 2. The van der Waals surface area contributed by atoms with Crippen molar-refractivity contribution in [2.75, 3.05) is 0 Å². The van der Waals surface area contributed by atoms with E-state index in [0.717, 1.165) is 6.07 Å². The Morgan fingerprint density at radius 3 is 2.21 bits per heavy atom. The molecule has 98 valence electrons. The van der Waals surface area contributed by atoms with Gasteiger partial charge in [0, 0.05) is 5.02 Å². The Morgan fingerprint density at radius 1 is 0.947 bits per heavy atom. The van der Waals surface area contributed by atoms with Crippen LogP contribution >= 0.6 is 11.6 Å². The molecule has 0 heterocycles. The van der Waals surface area contributed by atoms with Gasteiger partial charge in [0.2, 0.25) is 0 Å². The summed E-state index contributed by atoms with van der Waals surface area (Å²) in [6, 6.07) is 7.16. The average Bonchev–Trinajstić information content (AvgIpc) is 2.39. The monoisotopic (exact) mass is 286 g/mol. The molecule has 0 saturated heterocycles. The summed E-state index contributed by atoms with van der Waals surface area (Å²) in [6.07, 6.45) is 0. The molecule has 2 nitrogen and oxygen atoms in total. The van der Waals surface area contributed by atoms with Crippen LogP contribution in [0.15, 0.2) is 36.4 Å². The molecule has 2 aromatic rings. The summed E-state index contributed by atoms with van der Waals surface area (Å²) in [7, 11) is 0. The van der Waals surface area contributed by atoms with Crippen LogP contribution in [-0.2, 0) is 0 Å². The Bertz CT molecular complexity index is 627. The maximum atomic E-state index is 13.3. The molecule has 0 aliphatic heterocycles. The van der Waals surface area contributed by atoms with Crippen molar-refractivity contribution in [1.29, 1.82) is 0 Å². The van der Waals surface area contributed by atoms with Crippen molar-refractivity contribution in [2.45, 2.75) is 0 Å². The number of hydrogen-bond acceptors (Lipinski definition) is 2. The zero-order valence-electron chi connectivity index (χ0n) is 9.29. The maximum absolute atomic E-state index is 13.3. The fourth-order valence-corrected chi connectivity index (χ4v) is 1.47. The highest BCUT2D eigenvalue weighted by Crippen LogP contribution is 2.19. The van der Waals surface area contributed by atoms with Crippen molar-refractivity contribution in [1.82, 2.24) is 0 Å². The number of carbonyl (C=O) groups excluding carboxylic acids is 1. The lowest BCUT2D eigenvalue weighted by molar-refractivity contribution is 0.0728. The third kappa shape index (κ3) is 2.88. The molecule has 0 aliphatic carbocycles. The topological polar surface area (TPSA) is 26.3 Å². The first-order valence-corrected chi connectivity index (χ1v) is 5.48. The van der Waals surface area contributed by atoms with E-state index in [1.165, 1.54) is 24.3 Å². The zero-order valence-corrected chi connectivity index (χ0v) is 10.0. The first-order chi connectivity index (χ1) is 8.99. The lowest BCUT2D eigenvalue weighted by Gasteiger charge is -2.06. The van der Waals surface area contributed by atoms with Gasteiger partial charge in [-0.15, -0.1) is 0 Å². The minimum atomic E-state index is -1.72. The Hall–Kier alpha value is -2.01. The summed E-state index contributed by atoms with van der Waals surface area (Å²) in [5.41, 5.74) is -0.686. The van der Waals surface area contributed by atoms with Gasteiger partial charge in [0.1, 0.15) is 5.75 Å². The zero-order chi connectivity index (χ0) is 14.0. The first kappa shape index (κ1) is 13.4. The standard InChI is InChI=1S/C13H6ClF3O2/c14-7-1-3-8(4-2-7)19-13(18)9-5-6-10(15)12(17)11(9)16/h1-6H. The van der Waals surface area contributed by atoms with Crippen LogP contribution < -0.4 is 4.74 Å². The molecule has 0 N–H and O–H groups in total. The summed E-state index contributed by atoms with van der Waals surface area (Å²) >= 11 is 5.64. The number of esters is 1. The van der Waals surface area contributed by atoms with Crippen LogP contribution in [-0.4, -0.2) is 5.97 Å². The Balaban J connectivity index is 2.25. The van der Waals surface area contributed by atoms with Gasteiger partial charge in [-0.05, 0) is 36.4 Å². The predicted molar refractivity (Wildman–Crippen MR) is 62.7 cm³/mol. The van der Waals surface area contributed by atoms with Crippen LogP contribution in [0.4, 0.5) is 13.2 Å². The highest BCUT2D eigenvalue weighted by Gasteiger charge is 2.20. The van der Waals surface area contributed by atoms with Gasteiger partial charge >= 0.3 is 5.97 Å². The second-order valence-electron chi connectivity index (χ2n) is 3.57. The maximum Gasteiger partial charge on any atom is 0.346 e. The van der Waals surface area contributed by atoms with E-state index in [1.807, 2.05) is 0 Å². The smallest absolute Gasteiger partial charge is 0.346 e. The van der Waals surface area contributed by atoms with Crippen LogP contribution in [0.3, 0.4) is 0 Å². The Labute approximate surface area is 111 Å². The quantitative estimate of drug-likeness (QED) is 0.474. The minimum absolute atomic E-state index is 0.110. The largest absolute Gasteiger partial charge is 0.423 e. The molecule has 0 spiro atoms. The molecule has 0 aliphatic rings. The summed E-state index contributed by atoms with van der Waals surface area (Å²) < 4.78 is 43.8. The highest BCUT2D eigenvalue weighted by molar-refractivity contribution is 6.30. The SMILES string of the molecule is O=C(Oc1ccc(Cl)cc1)c1ccc(F)c(F)c1F. The Kier molecular flexibility index (Phi) is 3.76. The van der Waals surface area contributed by atoms with Crippen molar-refractivity contribution >= 4 is 17.6 Å². The van der Waals surface area contributed by atoms with Crippen LogP contribution in [0.25, 0.3) is 0 Å². The third-order valence-electron chi connectivity index (χ3n) is 2.28. The van der Waals surface area contributed by atoms with E-state index in [4.69, 9.17) is 16.3 Å². The van der Waals surface area contributed by atoms with Gasteiger partial charge in [0.15, 0.2) is 17.5 Å². The molecule has 0 radical (unpaired) electrons. The molecule has 0 aromatic heterocycles. The van der Waals surface area contributed by atoms with Crippen LogP contribution in [0.2, 0.25) is 5.02 Å². The van der Waals surface area contributed by atoms with Gasteiger partial charge in [-0.1, -0.05) is 11.6 Å². The fourth-order valence-electron chi connectivity index (χ4n) is 1.35. The lowest BCUT2D eigenvalue weighted by atomic mass is 10.2. The van der Waals surface area contributed by atoms with Crippen LogP contribution in [0, 0.1) is 17.5 Å². The van der Waals surface area contributed by atoms with E-state index in [9.17, 15) is 18.0 Å². The molecule has 0 atom stereocenters. The minimum Gasteiger partial charge on any atom is -0.423 e. The van der Waals surface area contributed by atoms with Crippen LogP contribution in [0.5, 0.6) is 5.75 Å². The molecule has 0 bridgehead atoms. The number of rotatable bonds is 2. The normalized spacial score (nSPS) is 10.3. The first-order valence-electron chi connectivity index (χ1n) is 5.10. The number of ether oxygens (including phenoxy) is 1. The van der Waals surface area contributed by atoms with E-state index < -0.39 is 29.0 Å². The van der Waals surface area contributed by atoms with Crippen molar-refractivity contribution in [3.05, 3.63) is 64.4 Å². The van der Waals surface area contributed by atoms with E-state index in [0.29, 0.717) is 11.1 Å². The fraction of sp³-hybridized carbons (Fsp3) is 0. The highest BCUT2D eigenvalue weighted by atomic mass is 35.5. The molecule has 0 fully saturated rings. The molecule has 0 saturated carbocycles. The predicted octanol–water partition coefficient (Wildman–Crippen LogP) is 3.98. The number of carbonyl (C=O) groups is 1. The summed E-state index contributed by atoms with van der Waals surface area (Å²) in [4.78, 5) is 11.6. The van der Waals surface area contributed by atoms with E-state index in [-0.39, 0.29) is 5.75 Å². The van der Waals surface area contributed by atoms with E-state index in [2.05, 4.69) is 0 Å². The average molecular weight is 287 g/mol. The molecule has 2 rings (SSSR count). The number of halogens is 4. The van der Waals surface area contributed by atoms with Crippen molar-refractivity contribution in [2.24, 2.45) is 0 Å². The van der Waals surface area contributed by atoms with Crippen LogP contribution in [0.1, 0.15) is 10.4 Å². The molecule has 19 heavy (non-hydrogen) atoms. The molecule has 0 amide bonds. The van der Waals surface area contributed by atoms with E-state index in [1.54, 1.807) is 0 Å². The summed E-state index contributed by atoms with van der Waals surface area (Å²) in [5.74, 6) is -5.69. The van der Waals surface area contributed by atoms with Gasteiger partial charge in [-0.2, -0.15) is 0 Å². The molecular formula is C13H6ClF3O2. The molecule has 2 aromatic carbocycles. The van der Waals surface area contributed by atoms with Crippen molar-refractivity contribution < 1.29 is 22.7 Å². The van der Waals surface area contributed by atoms with Crippen molar-refractivity contribution in [3.8, 4) is 5.75 Å². The molecule has 0 unspecified atom stereocenters. The van der Waals surface area contributed by atoms with Gasteiger partial charge in [0.05, 0.1) is 5.56 Å². The summed E-state index contributed by atoms with van der Waals surface area (Å²) in [5, 5.41) is 0.429. The van der Waals surface area contributed by atoms with Gasteiger partial charge in [-0.25, -0.2) is 18.0 Å². The number of hydrogen-bond donors (Lipinski definition) is 0. The molecule has 6 heteroatoms. The van der Waals surface area contributed by atoms with Gasteiger partial charge in [-0.3, -0.25) is 0 Å². The van der Waals surface area contributed by atoms with Crippen molar-refractivity contribution in [3.63, 3.8) is 0 Å². The second kappa shape index (κ2) is 5.32. The lowest BCUT2D eigenvalue weighted by Crippen LogP contribution is -2.12. The van der Waals surface area contributed by atoms with E-state index >= 15 is 0 Å². The van der Waals surface area contributed by atoms with Gasteiger partial charge in [0.25, 0.3) is 0 Å². The third-order valence-corrected chi connectivity index (χ3v) is 2.53. The van der Waals surface area contributed by atoms with Gasteiger partial charge < -0.3 is 4.74 Å². The second-order valence-corrected chi connectivity index (χ2v) is 4.00. The Morgan fingerprint density at radius 2 is 1.58 bits per heavy atom. The summed E-state index contributed by atoms with van der Waals surface area (Å²) in [6.45, 7) is 0.